The fourth-order valence-electron chi connectivity index (χ4n) is 1.56. The molecule has 0 aliphatic rings. The normalized spacial score (nSPS) is 11.8. The zero-order chi connectivity index (χ0) is 14.7. The largest absolute Gasteiger partial charge is 0.409 e. The summed E-state index contributed by atoms with van der Waals surface area (Å²) in [5.41, 5.74) is 5.73. The van der Waals surface area contributed by atoms with Gasteiger partial charge in [-0.25, -0.2) is 9.89 Å². The molecule has 106 valence electrons. The van der Waals surface area contributed by atoms with Gasteiger partial charge in [-0.05, 0) is 36.9 Å². The van der Waals surface area contributed by atoms with Crippen LogP contribution in [0.25, 0.3) is 0 Å². The summed E-state index contributed by atoms with van der Waals surface area (Å²) in [4.78, 5) is 12.2. The zero-order valence-corrected chi connectivity index (χ0v) is 12.1. The minimum absolute atomic E-state index is 0.0197. The van der Waals surface area contributed by atoms with Crippen LogP contribution in [0.3, 0.4) is 0 Å². The lowest BCUT2D eigenvalue weighted by atomic mass is 10.2. The first-order valence-electron chi connectivity index (χ1n) is 5.67. The first-order valence-corrected chi connectivity index (χ1v) is 6.86. The van der Waals surface area contributed by atoms with Crippen LogP contribution >= 0.6 is 23.4 Å². The van der Waals surface area contributed by atoms with Crippen molar-refractivity contribution >= 4 is 29.2 Å². The molecule has 0 saturated heterocycles. The summed E-state index contributed by atoms with van der Waals surface area (Å²) in [5.74, 6) is -0.0197. The van der Waals surface area contributed by atoms with Crippen molar-refractivity contribution in [2.75, 3.05) is 0 Å². The van der Waals surface area contributed by atoms with Crippen molar-refractivity contribution in [1.82, 2.24) is 14.8 Å². The van der Waals surface area contributed by atoms with E-state index in [1.54, 1.807) is 18.2 Å². The van der Waals surface area contributed by atoms with E-state index in [1.807, 2.05) is 6.92 Å². The van der Waals surface area contributed by atoms with Crippen LogP contribution in [0.5, 0.6) is 0 Å². The highest BCUT2D eigenvalue weighted by molar-refractivity contribution is 7.99. The second kappa shape index (κ2) is 6.02. The van der Waals surface area contributed by atoms with Crippen LogP contribution in [-0.4, -0.2) is 25.8 Å². The number of oxime groups is 1. The number of nitrogens with two attached hydrogens (primary N) is 1. The maximum Gasteiger partial charge on any atom is 0.343 e. The summed E-state index contributed by atoms with van der Waals surface area (Å²) in [6.45, 7) is 2.36. The summed E-state index contributed by atoms with van der Waals surface area (Å²) < 4.78 is 1.50. The molecule has 0 aliphatic carbocycles. The molecule has 2 rings (SSSR count). The molecule has 0 aliphatic heterocycles. The van der Waals surface area contributed by atoms with Crippen molar-refractivity contribution in [3.8, 4) is 0 Å². The van der Waals surface area contributed by atoms with Gasteiger partial charge in [0.25, 0.3) is 0 Å². The summed E-state index contributed by atoms with van der Waals surface area (Å²) >= 11 is 7.40. The summed E-state index contributed by atoms with van der Waals surface area (Å²) in [6, 6.07) is 4.98. The van der Waals surface area contributed by atoms with Crippen LogP contribution in [0.15, 0.2) is 38.2 Å². The second-order valence-electron chi connectivity index (χ2n) is 3.79. The minimum atomic E-state index is -0.264. The fourth-order valence-corrected chi connectivity index (χ4v) is 2.76. The van der Waals surface area contributed by atoms with Crippen LogP contribution in [0.2, 0.25) is 5.02 Å². The van der Waals surface area contributed by atoms with E-state index in [4.69, 9.17) is 22.5 Å². The monoisotopic (exact) mass is 313 g/mol. The number of amidine groups is 1. The maximum absolute atomic E-state index is 11.5. The van der Waals surface area contributed by atoms with Crippen molar-refractivity contribution < 1.29 is 5.21 Å². The third-order valence-corrected chi connectivity index (χ3v) is 4.07. The number of hydrogen-bond donors (Lipinski definition) is 3. The molecular weight excluding hydrogens is 302 g/mol. The Hall–Kier alpha value is -1.93. The number of benzene rings is 1. The van der Waals surface area contributed by atoms with Crippen molar-refractivity contribution in [2.45, 2.75) is 23.5 Å². The average molecular weight is 314 g/mol. The van der Waals surface area contributed by atoms with Gasteiger partial charge in [0.2, 0.25) is 0 Å². The lowest BCUT2D eigenvalue weighted by Crippen LogP contribution is -2.16. The molecule has 0 amide bonds. The molecule has 0 spiro atoms. The Labute approximate surface area is 123 Å². The van der Waals surface area contributed by atoms with E-state index in [2.05, 4.69) is 15.4 Å². The topological polar surface area (TPSA) is 109 Å². The molecule has 0 saturated carbocycles. The fraction of sp³-hybridized carbons (Fsp3) is 0.182. The Morgan fingerprint density at radius 2 is 2.40 bits per heavy atom. The number of nitrogens with one attached hydrogen (secondary N) is 1. The molecule has 9 heteroatoms. The van der Waals surface area contributed by atoms with E-state index in [-0.39, 0.29) is 11.5 Å². The van der Waals surface area contributed by atoms with Gasteiger partial charge < -0.3 is 10.9 Å². The molecular formula is C11H12ClN5O2S. The Kier molecular flexibility index (Phi) is 4.35. The van der Waals surface area contributed by atoms with Crippen LogP contribution in [-0.2, 0) is 6.54 Å². The Bertz CT molecular complexity index is 709. The van der Waals surface area contributed by atoms with Gasteiger partial charge in [-0.2, -0.15) is 0 Å². The molecule has 2 aromatic rings. The first kappa shape index (κ1) is 14.5. The van der Waals surface area contributed by atoms with Crippen molar-refractivity contribution in [1.29, 1.82) is 0 Å². The van der Waals surface area contributed by atoms with Crippen molar-refractivity contribution in [3.63, 3.8) is 0 Å². The van der Waals surface area contributed by atoms with Gasteiger partial charge in [0.15, 0.2) is 11.0 Å². The lowest BCUT2D eigenvalue weighted by molar-refractivity contribution is 0.318. The van der Waals surface area contributed by atoms with E-state index in [1.165, 1.54) is 16.3 Å². The molecule has 1 aromatic carbocycles. The van der Waals surface area contributed by atoms with Gasteiger partial charge in [-0.1, -0.05) is 16.8 Å². The van der Waals surface area contributed by atoms with E-state index in [9.17, 15) is 4.79 Å². The van der Waals surface area contributed by atoms with Gasteiger partial charge in [0, 0.05) is 17.0 Å². The van der Waals surface area contributed by atoms with Gasteiger partial charge in [0.05, 0.1) is 5.02 Å². The highest BCUT2D eigenvalue weighted by Gasteiger charge is 2.12. The standard InChI is InChI=1S/C11H12ClN5O2S/c1-2-17-10(18)14-15-11(17)20-8-4-3-6(5-7(8)12)9(13)16-19/h3-5,19H,2H2,1H3,(H2,13,16)(H,14,18). The quantitative estimate of drug-likeness (QED) is 0.343. The number of nitrogens with zero attached hydrogens (tertiary/aromatic N) is 3. The molecule has 0 atom stereocenters. The number of rotatable bonds is 4. The van der Waals surface area contributed by atoms with Crippen LogP contribution in [0, 0.1) is 0 Å². The molecule has 1 heterocycles. The van der Waals surface area contributed by atoms with Gasteiger partial charge >= 0.3 is 5.69 Å². The number of aromatic nitrogens is 3. The number of aromatic amines is 1. The number of H-pyrrole nitrogens is 1. The van der Waals surface area contributed by atoms with Crippen LogP contribution < -0.4 is 11.4 Å². The maximum atomic E-state index is 11.5. The van der Waals surface area contributed by atoms with Crippen LogP contribution in [0.1, 0.15) is 12.5 Å². The first-order chi connectivity index (χ1) is 9.56. The minimum Gasteiger partial charge on any atom is -0.409 e. The molecule has 0 unspecified atom stereocenters. The molecule has 4 N–H and O–H groups in total. The molecule has 0 bridgehead atoms. The van der Waals surface area contributed by atoms with Gasteiger partial charge in [-0.3, -0.25) is 4.57 Å². The van der Waals surface area contributed by atoms with Crippen LogP contribution in [0.4, 0.5) is 0 Å². The smallest absolute Gasteiger partial charge is 0.343 e. The Morgan fingerprint density at radius 3 is 3.00 bits per heavy atom. The summed E-state index contributed by atoms with van der Waals surface area (Å²) in [7, 11) is 0. The summed E-state index contributed by atoms with van der Waals surface area (Å²) in [5, 5.41) is 18.8. The average Bonchev–Trinajstić information content (AvgIpc) is 2.80. The predicted octanol–water partition coefficient (Wildman–Crippen LogP) is 1.49. The molecule has 7 nitrogen and oxygen atoms in total. The lowest BCUT2D eigenvalue weighted by Gasteiger charge is -2.06. The third kappa shape index (κ3) is 2.81. The molecule has 0 fully saturated rings. The highest BCUT2D eigenvalue weighted by Crippen LogP contribution is 2.32. The number of halogens is 1. The van der Waals surface area contributed by atoms with E-state index < -0.39 is 0 Å². The van der Waals surface area contributed by atoms with E-state index in [0.29, 0.717) is 22.3 Å². The van der Waals surface area contributed by atoms with E-state index >= 15 is 0 Å². The third-order valence-electron chi connectivity index (χ3n) is 2.58. The second-order valence-corrected chi connectivity index (χ2v) is 5.20. The van der Waals surface area contributed by atoms with Gasteiger partial charge in [0.1, 0.15) is 0 Å². The van der Waals surface area contributed by atoms with E-state index in [0.717, 1.165) is 4.90 Å². The molecule has 1 aromatic heterocycles. The van der Waals surface area contributed by atoms with Gasteiger partial charge in [-0.15, -0.1) is 5.10 Å². The Balaban J connectivity index is 2.33. The van der Waals surface area contributed by atoms with Crippen molar-refractivity contribution in [2.24, 2.45) is 10.9 Å². The zero-order valence-electron chi connectivity index (χ0n) is 10.5. The summed E-state index contributed by atoms with van der Waals surface area (Å²) in [6.07, 6.45) is 0. The highest BCUT2D eigenvalue weighted by atomic mass is 35.5. The van der Waals surface area contributed by atoms with Crippen molar-refractivity contribution in [3.05, 3.63) is 39.3 Å². The molecule has 20 heavy (non-hydrogen) atoms. The predicted molar refractivity (Wildman–Crippen MR) is 76.6 cm³/mol. The Morgan fingerprint density at radius 1 is 1.65 bits per heavy atom. The number of hydrogen-bond acceptors (Lipinski definition) is 5. The SMILES string of the molecule is CCn1c(Sc2ccc(C(N)=NO)cc2Cl)n[nH]c1=O. The molecule has 0 radical (unpaired) electrons.